The van der Waals surface area contributed by atoms with Gasteiger partial charge in [0, 0.05) is 12.6 Å². The van der Waals surface area contributed by atoms with Crippen molar-refractivity contribution < 1.29 is 14.3 Å². The zero-order chi connectivity index (χ0) is 23.8. The Balaban J connectivity index is 1.73. The van der Waals surface area contributed by atoms with Crippen LogP contribution in [0.15, 0.2) is 48.5 Å². The van der Waals surface area contributed by atoms with Crippen LogP contribution in [-0.2, 0) is 16.1 Å². The normalized spacial score (nSPS) is 15.2. The van der Waals surface area contributed by atoms with E-state index in [9.17, 15) is 9.59 Å². The average Bonchev–Trinajstić information content (AvgIpc) is 2.82. The first kappa shape index (κ1) is 24.8. The molecule has 0 aromatic heterocycles. The fraction of sp³-hybridized carbons (Fsp3) is 0.500. The van der Waals surface area contributed by atoms with Gasteiger partial charge in [-0.2, -0.15) is 0 Å². The van der Waals surface area contributed by atoms with E-state index in [-0.39, 0.29) is 24.5 Å². The lowest BCUT2D eigenvalue weighted by molar-refractivity contribution is -0.142. The van der Waals surface area contributed by atoms with Crippen molar-refractivity contribution in [1.82, 2.24) is 10.2 Å². The van der Waals surface area contributed by atoms with E-state index in [1.165, 1.54) is 6.42 Å². The van der Waals surface area contributed by atoms with Gasteiger partial charge in [0.15, 0.2) is 6.61 Å². The topological polar surface area (TPSA) is 58.6 Å². The van der Waals surface area contributed by atoms with Crippen molar-refractivity contribution in [2.75, 3.05) is 6.61 Å². The predicted molar refractivity (Wildman–Crippen MR) is 132 cm³/mol. The number of benzene rings is 2. The van der Waals surface area contributed by atoms with Gasteiger partial charge in [-0.25, -0.2) is 0 Å². The molecule has 1 aliphatic rings. The van der Waals surface area contributed by atoms with Crippen molar-refractivity contribution in [2.24, 2.45) is 0 Å². The minimum Gasteiger partial charge on any atom is -0.483 e. The molecule has 1 N–H and O–H groups in total. The van der Waals surface area contributed by atoms with E-state index >= 15 is 0 Å². The number of carbonyl (C=O) groups excluding carboxylic acids is 2. The van der Waals surface area contributed by atoms with Gasteiger partial charge in [-0.05, 0) is 49.8 Å². The van der Waals surface area contributed by atoms with Crippen LogP contribution in [0.5, 0.6) is 5.75 Å². The number of nitrogens with one attached hydrogen (secondary N) is 1. The molecule has 2 amide bonds. The molecule has 1 atom stereocenters. The number of amides is 2. The second-order valence-corrected chi connectivity index (χ2v) is 9.51. The molecule has 5 nitrogen and oxygen atoms in total. The lowest BCUT2D eigenvalue weighted by atomic mass is 9.95. The van der Waals surface area contributed by atoms with Gasteiger partial charge >= 0.3 is 0 Å². The molecular weight excluding hydrogens is 412 g/mol. The third-order valence-electron chi connectivity index (χ3n) is 6.48. The summed E-state index contributed by atoms with van der Waals surface area (Å²) in [6.45, 7) is 8.32. The summed E-state index contributed by atoms with van der Waals surface area (Å²) in [4.78, 5) is 28.0. The summed E-state index contributed by atoms with van der Waals surface area (Å²) < 4.78 is 5.95. The lowest BCUT2D eigenvalue weighted by Gasteiger charge is -2.31. The Morgan fingerprint density at radius 2 is 1.67 bits per heavy atom. The van der Waals surface area contributed by atoms with Crippen molar-refractivity contribution in [3.8, 4) is 5.75 Å². The minimum atomic E-state index is -0.579. The highest BCUT2D eigenvalue weighted by Crippen LogP contribution is 2.26. The van der Waals surface area contributed by atoms with Crippen LogP contribution in [0, 0.1) is 6.92 Å². The van der Waals surface area contributed by atoms with Crippen molar-refractivity contribution in [1.29, 1.82) is 0 Å². The largest absolute Gasteiger partial charge is 0.483 e. The zero-order valence-electron chi connectivity index (χ0n) is 20.5. The second-order valence-electron chi connectivity index (χ2n) is 9.51. The van der Waals surface area contributed by atoms with Gasteiger partial charge in [-0.15, -0.1) is 0 Å². The van der Waals surface area contributed by atoms with E-state index in [0.29, 0.717) is 12.5 Å². The van der Waals surface area contributed by atoms with Gasteiger partial charge in [-0.3, -0.25) is 9.59 Å². The van der Waals surface area contributed by atoms with Gasteiger partial charge in [0.25, 0.3) is 5.91 Å². The molecule has 0 radical (unpaired) electrons. The molecule has 1 fully saturated rings. The van der Waals surface area contributed by atoms with E-state index in [0.717, 1.165) is 48.1 Å². The predicted octanol–water partition coefficient (Wildman–Crippen LogP) is 5.36. The van der Waals surface area contributed by atoms with Crippen LogP contribution < -0.4 is 10.1 Å². The summed E-state index contributed by atoms with van der Waals surface area (Å²) in [6.07, 6.45) is 5.55. The molecule has 33 heavy (non-hydrogen) atoms. The first-order chi connectivity index (χ1) is 15.8. The third kappa shape index (κ3) is 7.08. The Morgan fingerprint density at radius 3 is 2.33 bits per heavy atom. The Labute approximate surface area is 198 Å². The quantitative estimate of drug-likeness (QED) is 0.559. The maximum Gasteiger partial charge on any atom is 0.261 e. The number of hydrogen-bond donors (Lipinski definition) is 1. The fourth-order valence-electron chi connectivity index (χ4n) is 4.35. The zero-order valence-corrected chi connectivity index (χ0v) is 20.5. The maximum atomic E-state index is 13.3. The van der Waals surface area contributed by atoms with Gasteiger partial charge in [0.1, 0.15) is 11.8 Å². The van der Waals surface area contributed by atoms with Gasteiger partial charge < -0.3 is 15.0 Å². The highest BCUT2D eigenvalue weighted by Gasteiger charge is 2.28. The first-order valence-electron chi connectivity index (χ1n) is 12.2. The molecule has 0 saturated heterocycles. The highest BCUT2D eigenvalue weighted by molar-refractivity contribution is 5.88. The first-order valence-corrected chi connectivity index (χ1v) is 12.2. The molecule has 0 spiro atoms. The second kappa shape index (κ2) is 11.9. The maximum absolute atomic E-state index is 13.3. The molecule has 5 heteroatoms. The molecule has 0 aliphatic heterocycles. The third-order valence-corrected chi connectivity index (χ3v) is 6.48. The van der Waals surface area contributed by atoms with E-state index in [4.69, 9.17) is 4.74 Å². The van der Waals surface area contributed by atoms with E-state index in [2.05, 4.69) is 19.2 Å². The molecular formula is C28H38N2O3. The molecule has 0 unspecified atom stereocenters. The van der Waals surface area contributed by atoms with Gasteiger partial charge in [0.2, 0.25) is 5.91 Å². The van der Waals surface area contributed by atoms with Crippen molar-refractivity contribution in [3.05, 3.63) is 65.2 Å². The monoisotopic (exact) mass is 450 g/mol. The standard InChI is InChI=1S/C28H38N2O3/c1-20(2)25-12-8-9-13-26(25)33-19-27(31)30(18-23-16-14-21(3)15-17-23)22(4)28(32)29-24-10-6-5-7-11-24/h8-9,12-17,20,22,24H,5-7,10-11,18-19H2,1-4H3,(H,29,32)/t22-/m1/s1. The Kier molecular flexibility index (Phi) is 8.93. The van der Waals surface area contributed by atoms with Gasteiger partial charge in [-0.1, -0.05) is 81.1 Å². The molecule has 178 valence electrons. The number of ether oxygens (including phenoxy) is 1. The smallest absolute Gasteiger partial charge is 0.261 e. The fourth-order valence-corrected chi connectivity index (χ4v) is 4.35. The van der Waals surface area contributed by atoms with Crippen LogP contribution in [0.4, 0.5) is 0 Å². The summed E-state index contributed by atoms with van der Waals surface area (Å²) in [7, 11) is 0. The van der Waals surface area contributed by atoms with Gasteiger partial charge in [0.05, 0.1) is 0 Å². The Bertz CT molecular complexity index is 917. The number of hydrogen-bond acceptors (Lipinski definition) is 3. The summed E-state index contributed by atoms with van der Waals surface area (Å²) in [5.74, 6) is 0.723. The molecule has 1 aliphatic carbocycles. The number of carbonyl (C=O) groups is 2. The van der Waals surface area contributed by atoms with Crippen molar-refractivity contribution >= 4 is 11.8 Å². The van der Waals surface area contributed by atoms with Crippen LogP contribution in [0.3, 0.4) is 0 Å². The van der Waals surface area contributed by atoms with Crippen LogP contribution >= 0.6 is 0 Å². The Morgan fingerprint density at radius 1 is 1.00 bits per heavy atom. The van der Waals surface area contributed by atoms with Crippen LogP contribution in [0.25, 0.3) is 0 Å². The van der Waals surface area contributed by atoms with Crippen LogP contribution in [0.2, 0.25) is 0 Å². The van der Waals surface area contributed by atoms with Crippen LogP contribution in [-0.4, -0.2) is 35.4 Å². The van der Waals surface area contributed by atoms with E-state index in [1.807, 2.05) is 62.4 Å². The van der Waals surface area contributed by atoms with Crippen molar-refractivity contribution in [2.45, 2.75) is 84.3 Å². The summed E-state index contributed by atoms with van der Waals surface area (Å²) >= 11 is 0. The molecule has 3 rings (SSSR count). The van der Waals surface area contributed by atoms with E-state index < -0.39 is 6.04 Å². The minimum absolute atomic E-state index is 0.0926. The molecule has 2 aromatic rings. The summed E-state index contributed by atoms with van der Waals surface area (Å²) in [6, 6.07) is 15.5. The lowest BCUT2D eigenvalue weighted by Crippen LogP contribution is -2.51. The SMILES string of the molecule is Cc1ccc(CN(C(=O)COc2ccccc2C(C)C)[C@H](C)C(=O)NC2CCCCC2)cc1. The Hall–Kier alpha value is -2.82. The molecule has 1 saturated carbocycles. The molecule has 2 aromatic carbocycles. The summed E-state index contributed by atoms with van der Waals surface area (Å²) in [5, 5.41) is 3.17. The summed E-state index contributed by atoms with van der Waals surface area (Å²) in [5.41, 5.74) is 3.22. The highest BCUT2D eigenvalue weighted by atomic mass is 16.5. The number of rotatable bonds is 9. The van der Waals surface area contributed by atoms with E-state index in [1.54, 1.807) is 4.90 Å². The molecule has 0 heterocycles. The average molecular weight is 451 g/mol. The van der Waals surface area contributed by atoms with Crippen LogP contribution in [0.1, 0.15) is 75.5 Å². The number of nitrogens with zero attached hydrogens (tertiary/aromatic N) is 1. The number of para-hydroxylation sites is 1. The molecule has 0 bridgehead atoms. The van der Waals surface area contributed by atoms with Crippen molar-refractivity contribution in [3.63, 3.8) is 0 Å². The number of aryl methyl sites for hydroxylation is 1.